The summed E-state index contributed by atoms with van der Waals surface area (Å²) < 4.78 is 4.47. The molecule has 0 aromatic carbocycles. The molecule has 3 amide bonds. The van der Waals surface area contributed by atoms with Crippen molar-refractivity contribution in [2.75, 3.05) is 7.11 Å². The first-order valence-electron chi connectivity index (χ1n) is 6.14. The van der Waals surface area contributed by atoms with Gasteiger partial charge in [0.05, 0.1) is 7.11 Å². The van der Waals surface area contributed by atoms with Crippen molar-refractivity contribution in [3.63, 3.8) is 0 Å². The lowest BCUT2D eigenvalue weighted by Gasteiger charge is -2.19. The molecule has 0 aliphatic carbocycles. The van der Waals surface area contributed by atoms with Gasteiger partial charge in [-0.3, -0.25) is 14.4 Å². The van der Waals surface area contributed by atoms with Gasteiger partial charge >= 0.3 is 5.97 Å². The van der Waals surface area contributed by atoms with Crippen molar-refractivity contribution in [2.24, 2.45) is 0 Å². The molecule has 20 heavy (non-hydrogen) atoms. The van der Waals surface area contributed by atoms with E-state index >= 15 is 0 Å². The number of ether oxygens (including phenoxy) is 1. The maximum Gasteiger partial charge on any atom is 0.328 e. The maximum absolute atomic E-state index is 11.7. The zero-order valence-corrected chi connectivity index (χ0v) is 12.3. The molecule has 0 saturated carbocycles. The Morgan fingerprint density at radius 1 is 0.800 bits per heavy atom. The molecule has 0 saturated heterocycles. The highest BCUT2D eigenvalue weighted by molar-refractivity contribution is 5.92. The van der Waals surface area contributed by atoms with E-state index in [0.717, 1.165) is 0 Å². The van der Waals surface area contributed by atoms with Crippen molar-refractivity contribution in [1.29, 1.82) is 0 Å². The van der Waals surface area contributed by atoms with Gasteiger partial charge in [-0.2, -0.15) is 0 Å². The number of hydrogen-bond acceptors (Lipinski definition) is 5. The van der Waals surface area contributed by atoms with Crippen LogP contribution in [0, 0.1) is 0 Å². The topological polar surface area (TPSA) is 114 Å². The van der Waals surface area contributed by atoms with E-state index in [4.69, 9.17) is 0 Å². The second-order valence-electron chi connectivity index (χ2n) is 4.41. The molecule has 0 aromatic rings. The lowest BCUT2D eigenvalue weighted by molar-refractivity contribution is -0.144. The molecule has 0 spiro atoms. The summed E-state index contributed by atoms with van der Waals surface area (Å²) in [5, 5.41) is 7.23. The summed E-state index contributed by atoms with van der Waals surface area (Å²) in [6, 6.07) is -2.40. The SMILES string of the molecule is COC(=O)C(C)NC(=O)C(C)NC(=O)C(C)NC(C)=O. The number of esters is 1. The minimum absolute atomic E-state index is 0.343. The van der Waals surface area contributed by atoms with E-state index in [2.05, 4.69) is 20.7 Å². The van der Waals surface area contributed by atoms with Gasteiger partial charge in [0, 0.05) is 6.92 Å². The van der Waals surface area contributed by atoms with Crippen LogP contribution in [0.2, 0.25) is 0 Å². The van der Waals surface area contributed by atoms with E-state index < -0.39 is 35.9 Å². The third-order valence-corrected chi connectivity index (χ3v) is 2.48. The van der Waals surface area contributed by atoms with Gasteiger partial charge in [0.1, 0.15) is 18.1 Å². The molecule has 8 heteroatoms. The summed E-state index contributed by atoms with van der Waals surface area (Å²) in [6.07, 6.45) is 0. The average molecular weight is 287 g/mol. The summed E-state index contributed by atoms with van der Waals surface area (Å²) in [6.45, 7) is 5.73. The summed E-state index contributed by atoms with van der Waals surface area (Å²) in [4.78, 5) is 45.4. The van der Waals surface area contributed by atoms with E-state index in [9.17, 15) is 19.2 Å². The van der Waals surface area contributed by atoms with Crippen LogP contribution in [0.15, 0.2) is 0 Å². The number of nitrogens with one attached hydrogen (secondary N) is 3. The van der Waals surface area contributed by atoms with Gasteiger partial charge in [-0.15, -0.1) is 0 Å². The molecular weight excluding hydrogens is 266 g/mol. The Bertz CT molecular complexity index is 397. The fourth-order valence-corrected chi connectivity index (χ4v) is 1.35. The Morgan fingerprint density at radius 2 is 1.20 bits per heavy atom. The minimum Gasteiger partial charge on any atom is -0.467 e. The zero-order valence-electron chi connectivity index (χ0n) is 12.3. The molecule has 8 nitrogen and oxygen atoms in total. The third kappa shape index (κ3) is 6.17. The third-order valence-electron chi connectivity index (χ3n) is 2.48. The number of hydrogen-bond donors (Lipinski definition) is 3. The van der Waals surface area contributed by atoms with Gasteiger partial charge in [-0.05, 0) is 20.8 Å². The molecule has 0 rings (SSSR count). The van der Waals surface area contributed by atoms with Crippen molar-refractivity contribution < 1.29 is 23.9 Å². The van der Waals surface area contributed by atoms with E-state index in [0.29, 0.717) is 0 Å². The Kier molecular flexibility index (Phi) is 7.27. The lowest BCUT2D eigenvalue weighted by atomic mass is 10.2. The van der Waals surface area contributed by atoms with Gasteiger partial charge in [0.15, 0.2) is 0 Å². The van der Waals surface area contributed by atoms with Crippen LogP contribution >= 0.6 is 0 Å². The van der Waals surface area contributed by atoms with Crippen LogP contribution < -0.4 is 16.0 Å². The maximum atomic E-state index is 11.7. The fourth-order valence-electron chi connectivity index (χ4n) is 1.35. The first-order valence-corrected chi connectivity index (χ1v) is 6.14. The van der Waals surface area contributed by atoms with Gasteiger partial charge in [0.2, 0.25) is 17.7 Å². The van der Waals surface area contributed by atoms with E-state index in [-0.39, 0.29) is 5.91 Å². The van der Waals surface area contributed by atoms with Crippen molar-refractivity contribution in [3.8, 4) is 0 Å². The van der Waals surface area contributed by atoms with Crippen molar-refractivity contribution in [1.82, 2.24) is 16.0 Å². The molecule has 3 unspecified atom stereocenters. The highest BCUT2D eigenvalue weighted by atomic mass is 16.5. The number of carbonyl (C=O) groups excluding carboxylic acids is 4. The molecule has 114 valence electrons. The molecule has 3 atom stereocenters. The molecule has 0 aliphatic heterocycles. The normalized spacial score (nSPS) is 14.4. The predicted octanol–water partition coefficient (Wildman–Crippen LogP) is -1.31. The highest BCUT2D eigenvalue weighted by Gasteiger charge is 2.23. The molecule has 0 fully saturated rings. The summed E-state index contributed by atoms with van der Waals surface area (Å²) >= 11 is 0. The molecule has 0 aliphatic rings. The van der Waals surface area contributed by atoms with E-state index in [1.807, 2.05) is 0 Å². The number of amides is 3. The van der Waals surface area contributed by atoms with E-state index in [1.165, 1.54) is 34.8 Å². The van der Waals surface area contributed by atoms with Crippen LogP contribution in [-0.4, -0.2) is 48.9 Å². The summed E-state index contributed by atoms with van der Waals surface area (Å²) in [5.74, 6) is -1.94. The molecule has 0 aromatic heterocycles. The molecule has 0 radical (unpaired) electrons. The Hall–Kier alpha value is -2.12. The van der Waals surface area contributed by atoms with E-state index in [1.54, 1.807) is 0 Å². The predicted molar refractivity (Wildman–Crippen MR) is 70.5 cm³/mol. The van der Waals surface area contributed by atoms with Gasteiger partial charge < -0.3 is 20.7 Å². The smallest absolute Gasteiger partial charge is 0.328 e. The van der Waals surface area contributed by atoms with Crippen LogP contribution in [0.4, 0.5) is 0 Å². The van der Waals surface area contributed by atoms with Gasteiger partial charge in [-0.25, -0.2) is 4.79 Å². The number of methoxy groups -OCH3 is 1. The van der Waals surface area contributed by atoms with Crippen LogP contribution in [-0.2, 0) is 23.9 Å². The van der Waals surface area contributed by atoms with Crippen LogP contribution in [0.5, 0.6) is 0 Å². The Labute approximate surface area is 117 Å². The average Bonchev–Trinajstić information content (AvgIpc) is 2.36. The molecule has 3 N–H and O–H groups in total. The van der Waals surface area contributed by atoms with Crippen molar-refractivity contribution in [2.45, 2.75) is 45.8 Å². The molecule has 0 heterocycles. The molecular formula is C12H21N3O5. The quantitative estimate of drug-likeness (QED) is 0.525. The van der Waals surface area contributed by atoms with Gasteiger partial charge in [-0.1, -0.05) is 0 Å². The second-order valence-corrected chi connectivity index (χ2v) is 4.41. The van der Waals surface area contributed by atoms with Crippen LogP contribution in [0.25, 0.3) is 0 Å². The largest absolute Gasteiger partial charge is 0.467 e. The monoisotopic (exact) mass is 287 g/mol. The highest BCUT2D eigenvalue weighted by Crippen LogP contribution is 1.91. The Balaban J connectivity index is 4.35. The standard InChI is InChI=1S/C12H21N3O5/c1-6(13-9(4)16)10(17)14-7(2)11(18)15-8(3)12(19)20-5/h6-8H,1-5H3,(H,13,16)(H,14,17)(H,15,18). The summed E-state index contributed by atoms with van der Waals surface area (Å²) in [7, 11) is 1.21. The zero-order chi connectivity index (χ0) is 15.9. The number of carbonyl (C=O) groups is 4. The lowest BCUT2D eigenvalue weighted by Crippen LogP contribution is -2.53. The number of rotatable bonds is 6. The second kappa shape index (κ2) is 8.13. The van der Waals surface area contributed by atoms with Crippen LogP contribution in [0.1, 0.15) is 27.7 Å². The van der Waals surface area contributed by atoms with Crippen LogP contribution in [0.3, 0.4) is 0 Å². The Morgan fingerprint density at radius 3 is 1.60 bits per heavy atom. The summed E-state index contributed by atoms with van der Waals surface area (Å²) in [5.41, 5.74) is 0. The van der Waals surface area contributed by atoms with Gasteiger partial charge in [0.25, 0.3) is 0 Å². The van der Waals surface area contributed by atoms with Crippen molar-refractivity contribution in [3.05, 3.63) is 0 Å². The first-order chi connectivity index (χ1) is 9.18. The fraction of sp³-hybridized carbons (Fsp3) is 0.667. The first kappa shape index (κ1) is 17.9. The minimum atomic E-state index is -0.842. The van der Waals surface area contributed by atoms with Crippen molar-refractivity contribution >= 4 is 23.7 Å². The molecule has 0 bridgehead atoms.